The van der Waals surface area contributed by atoms with E-state index >= 15 is 0 Å². The number of carbonyl (C=O) groups excluding carboxylic acids is 1. The summed E-state index contributed by atoms with van der Waals surface area (Å²) in [7, 11) is 0. The highest BCUT2D eigenvalue weighted by molar-refractivity contribution is 7.99. The number of ether oxygens (including phenoxy) is 1. The molecular formula is C21H21ClF2N4O2S. The van der Waals surface area contributed by atoms with Gasteiger partial charge in [0.15, 0.2) is 11.0 Å². The number of aromatic nitrogens is 3. The summed E-state index contributed by atoms with van der Waals surface area (Å²) < 4.78 is 30.6. The SMILES string of the molecule is CCn1c(SCC(=O)NCCc2ccc(OC(F)F)cc2)nnc1-c1ccc(Cl)cc1. The van der Waals surface area contributed by atoms with Gasteiger partial charge in [0.2, 0.25) is 5.91 Å². The lowest BCUT2D eigenvalue weighted by molar-refractivity contribution is -0.118. The Morgan fingerprint density at radius 3 is 2.52 bits per heavy atom. The maximum absolute atomic E-state index is 12.2. The number of alkyl halides is 2. The van der Waals surface area contributed by atoms with Gasteiger partial charge in [0.1, 0.15) is 5.75 Å². The summed E-state index contributed by atoms with van der Waals surface area (Å²) in [5.41, 5.74) is 1.81. The summed E-state index contributed by atoms with van der Waals surface area (Å²) in [5, 5.41) is 12.6. The first-order valence-electron chi connectivity index (χ1n) is 9.58. The third-order valence-electron chi connectivity index (χ3n) is 4.35. The first kappa shape index (κ1) is 23.0. The summed E-state index contributed by atoms with van der Waals surface area (Å²) in [6.07, 6.45) is 0.581. The minimum absolute atomic E-state index is 0.109. The average molecular weight is 467 g/mol. The Labute approximate surface area is 188 Å². The second-order valence-electron chi connectivity index (χ2n) is 6.47. The Bertz CT molecular complexity index is 998. The molecule has 0 aliphatic heterocycles. The van der Waals surface area contributed by atoms with Gasteiger partial charge in [-0.1, -0.05) is 35.5 Å². The fraction of sp³-hybridized carbons (Fsp3) is 0.286. The van der Waals surface area contributed by atoms with E-state index in [0.717, 1.165) is 17.0 Å². The molecule has 6 nitrogen and oxygen atoms in total. The van der Waals surface area contributed by atoms with E-state index in [1.807, 2.05) is 23.6 Å². The Hall–Kier alpha value is -2.65. The van der Waals surface area contributed by atoms with E-state index in [4.69, 9.17) is 11.6 Å². The number of nitrogens with zero attached hydrogens (tertiary/aromatic N) is 3. The van der Waals surface area contributed by atoms with Crippen LogP contribution in [0.5, 0.6) is 5.75 Å². The smallest absolute Gasteiger partial charge is 0.387 e. The van der Waals surface area contributed by atoms with Crippen LogP contribution in [0, 0.1) is 0 Å². The van der Waals surface area contributed by atoms with Gasteiger partial charge in [0.05, 0.1) is 5.75 Å². The molecule has 3 aromatic rings. The molecule has 0 spiro atoms. The fourth-order valence-corrected chi connectivity index (χ4v) is 3.82. The number of rotatable bonds is 10. The van der Waals surface area contributed by atoms with Crippen molar-refractivity contribution in [3.63, 3.8) is 0 Å². The molecule has 10 heteroatoms. The van der Waals surface area contributed by atoms with Crippen molar-refractivity contribution in [2.45, 2.75) is 31.7 Å². The van der Waals surface area contributed by atoms with Crippen molar-refractivity contribution in [3.05, 3.63) is 59.1 Å². The third-order valence-corrected chi connectivity index (χ3v) is 5.57. The van der Waals surface area contributed by atoms with Crippen molar-refractivity contribution in [3.8, 4) is 17.1 Å². The molecule has 0 saturated carbocycles. The molecule has 0 saturated heterocycles. The molecule has 1 heterocycles. The summed E-state index contributed by atoms with van der Waals surface area (Å²) in [4.78, 5) is 12.2. The van der Waals surface area contributed by atoms with Gasteiger partial charge in [-0.25, -0.2) is 0 Å². The molecule has 31 heavy (non-hydrogen) atoms. The molecule has 2 aromatic carbocycles. The van der Waals surface area contributed by atoms with Gasteiger partial charge < -0.3 is 14.6 Å². The van der Waals surface area contributed by atoms with Gasteiger partial charge in [-0.3, -0.25) is 4.79 Å². The Morgan fingerprint density at radius 1 is 1.16 bits per heavy atom. The first-order chi connectivity index (χ1) is 15.0. The highest BCUT2D eigenvalue weighted by Gasteiger charge is 2.14. The van der Waals surface area contributed by atoms with E-state index in [1.165, 1.54) is 23.9 Å². The van der Waals surface area contributed by atoms with Crippen molar-refractivity contribution in [2.24, 2.45) is 0 Å². The van der Waals surface area contributed by atoms with E-state index in [2.05, 4.69) is 20.3 Å². The number of benzene rings is 2. The maximum atomic E-state index is 12.2. The third kappa shape index (κ3) is 6.67. The molecule has 1 aromatic heterocycles. The highest BCUT2D eigenvalue weighted by Crippen LogP contribution is 2.25. The monoisotopic (exact) mass is 466 g/mol. The summed E-state index contributed by atoms with van der Waals surface area (Å²) in [5.74, 6) is 0.916. The zero-order valence-corrected chi connectivity index (χ0v) is 18.3. The predicted molar refractivity (Wildman–Crippen MR) is 117 cm³/mol. The van der Waals surface area contributed by atoms with Gasteiger partial charge >= 0.3 is 6.61 Å². The zero-order chi connectivity index (χ0) is 22.2. The molecule has 1 amide bonds. The lowest BCUT2D eigenvalue weighted by Gasteiger charge is -2.08. The fourth-order valence-electron chi connectivity index (χ4n) is 2.86. The summed E-state index contributed by atoms with van der Waals surface area (Å²) in [6.45, 7) is 0.249. The topological polar surface area (TPSA) is 69.0 Å². The number of thioether (sulfide) groups is 1. The number of halogens is 3. The van der Waals surface area contributed by atoms with Gasteiger partial charge in [-0.2, -0.15) is 8.78 Å². The van der Waals surface area contributed by atoms with Crippen LogP contribution in [0.3, 0.4) is 0 Å². The Morgan fingerprint density at radius 2 is 1.87 bits per heavy atom. The predicted octanol–water partition coefficient (Wildman–Crippen LogP) is 4.67. The van der Waals surface area contributed by atoms with Gasteiger partial charge in [0, 0.05) is 23.7 Å². The minimum atomic E-state index is -2.84. The van der Waals surface area contributed by atoms with Crippen molar-refractivity contribution in [1.29, 1.82) is 0 Å². The molecule has 0 aliphatic carbocycles. The van der Waals surface area contributed by atoms with Crippen LogP contribution in [0.2, 0.25) is 5.02 Å². The van der Waals surface area contributed by atoms with Crippen LogP contribution in [0.1, 0.15) is 12.5 Å². The van der Waals surface area contributed by atoms with Crippen molar-refractivity contribution in [1.82, 2.24) is 20.1 Å². The van der Waals surface area contributed by atoms with Crippen molar-refractivity contribution >= 4 is 29.3 Å². The van der Waals surface area contributed by atoms with Crippen molar-refractivity contribution < 1.29 is 18.3 Å². The second-order valence-corrected chi connectivity index (χ2v) is 7.85. The van der Waals surface area contributed by atoms with E-state index < -0.39 is 6.61 Å². The molecule has 3 rings (SSSR count). The molecule has 164 valence electrons. The van der Waals surface area contributed by atoms with Gasteiger partial charge in [-0.05, 0) is 55.3 Å². The molecule has 1 N–H and O–H groups in total. The molecule has 0 fully saturated rings. The Balaban J connectivity index is 1.48. The summed E-state index contributed by atoms with van der Waals surface area (Å²) in [6, 6.07) is 13.7. The van der Waals surface area contributed by atoms with E-state index in [-0.39, 0.29) is 17.4 Å². The normalized spacial score (nSPS) is 11.0. The Kier molecular flexibility index (Phi) is 8.25. The minimum Gasteiger partial charge on any atom is -0.435 e. The summed E-state index contributed by atoms with van der Waals surface area (Å²) >= 11 is 7.26. The van der Waals surface area contributed by atoms with E-state index in [1.54, 1.807) is 24.3 Å². The molecular weight excluding hydrogens is 446 g/mol. The molecule has 0 radical (unpaired) electrons. The van der Waals surface area contributed by atoms with E-state index in [0.29, 0.717) is 29.7 Å². The van der Waals surface area contributed by atoms with Crippen LogP contribution >= 0.6 is 23.4 Å². The second kappa shape index (κ2) is 11.1. The van der Waals surface area contributed by atoms with Crippen molar-refractivity contribution in [2.75, 3.05) is 12.3 Å². The number of carbonyl (C=O) groups is 1. The van der Waals surface area contributed by atoms with Crippen LogP contribution in [0.15, 0.2) is 53.7 Å². The van der Waals surface area contributed by atoms with E-state index in [9.17, 15) is 13.6 Å². The first-order valence-corrected chi connectivity index (χ1v) is 10.9. The highest BCUT2D eigenvalue weighted by atomic mass is 35.5. The zero-order valence-electron chi connectivity index (χ0n) is 16.7. The van der Waals surface area contributed by atoms with Gasteiger partial charge in [0.25, 0.3) is 0 Å². The van der Waals surface area contributed by atoms with Gasteiger partial charge in [-0.15, -0.1) is 10.2 Å². The molecule has 0 aliphatic rings. The number of amides is 1. The average Bonchev–Trinajstić information content (AvgIpc) is 3.16. The lowest BCUT2D eigenvalue weighted by Crippen LogP contribution is -2.27. The largest absolute Gasteiger partial charge is 0.435 e. The van der Waals surface area contributed by atoms with Crippen LogP contribution in [-0.2, 0) is 17.8 Å². The maximum Gasteiger partial charge on any atom is 0.387 e. The number of hydrogen-bond donors (Lipinski definition) is 1. The standard InChI is InChI=1S/C21H21ClF2N4O2S/c1-2-28-19(15-5-7-16(22)8-6-15)26-27-21(28)31-13-18(29)25-12-11-14-3-9-17(10-4-14)30-20(23)24/h3-10,20H,2,11-13H2,1H3,(H,25,29). The number of hydrogen-bond acceptors (Lipinski definition) is 5. The quantitative estimate of drug-likeness (QED) is 0.440. The lowest BCUT2D eigenvalue weighted by atomic mass is 10.1. The molecule has 0 atom stereocenters. The molecule has 0 unspecified atom stereocenters. The van der Waals surface area contributed by atoms with Crippen LogP contribution in [-0.4, -0.2) is 39.6 Å². The molecule has 0 bridgehead atoms. The number of nitrogens with one attached hydrogen (secondary N) is 1. The van der Waals surface area contributed by atoms with Crippen LogP contribution < -0.4 is 10.1 Å². The van der Waals surface area contributed by atoms with Crippen LogP contribution in [0.4, 0.5) is 8.78 Å². The van der Waals surface area contributed by atoms with Crippen LogP contribution in [0.25, 0.3) is 11.4 Å².